The van der Waals surface area contributed by atoms with E-state index in [0.29, 0.717) is 11.7 Å². The van der Waals surface area contributed by atoms with E-state index in [1.165, 1.54) is 0 Å². The van der Waals surface area contributed by atoms with Crippen LogP contribution in [-0.4, -0.2) is 19.7 Å². The van der Waals surface area contributed by atoms with E-state index in [0.717, 1.165) is 31.5 Å². The Morgan fingerprint density at radius 1 is 1.39 bits per heavy atom. The van der Waals surface area contributed by atoms with Gasteiger partial charge in [0.1, 0.15) is 6.04 Å². The summed E-state index contributed by atoms with van der Waals surface area (Å²) < 4.78 is 7.18. The molecule has 0 saturated heterocycles. The van der Waals surface area contributed by atoms with Crippen LogP contribution in [0.1, 0.15) is 50.1 Å². The van der Waals surface area contributed by atoms with Crippen molar-refractivity contribution in [3.8, 4) is 0 Å². The predicted octanol–water partition coefficient (Wildman–Crippen LogP) is 1.68. The lowest BCUT2D eigenvalue weighted by Gasteiger charge is -2.10. The molecule has 6 heteroatoms. The summed E-state index contributed by atoms with van der Waals surface area (Å²) >= 11 is 0. The summed E-state index contributed by atoms with van der Waals surface area (Å²) in [6.45, 7) is 5.08. The van der Waals surface area contributed by atoms with E-state index in [2.05, 4.69) is 29.0 Å². The third kappa shape index (κ3) is 2.59. The van der Waals surface area contributed by atoms with Crippen LogP contribution in [0.2, 0.25) is 0 Å². The molecule has 2 aromatic heterocycles. The lowest BCUT2D eigenvalue weighted by atomic mass is 10.2. The summed E-state index contributed by atoms with van der Waals surface area (Å²) in [6.07, 6.45) is 6.34. The first-order chi connectivity index (χ1) is 8.76. The fraction of sp³-hybridized carbons (Fsp3) is 0.583. The SMILES string of the molecule is CCCc1nc(C(N)c2cncn2CCC)no1. The Morgan fingerprint density at radius 3 is 2.94 bits per heavy atom. The minimum atomic E-state index is -0.381. The molecule has 6 nitrogen and oxygen atoms in total. The minimum Gasteiger partial charge on any atom is -0.339 e. The normalized spacial score (nSPS) is 12.8. The van der Waals surface area contributed by atoms with Crippen LogP contribution in [0.5, 0.6) is 0 Å². The Kier molecular flexibility index (Phi) is 4.09. The van der Waals surface area contributed by atoms with Crippen molar-refractivity contribution >= 4 is 0 Å². The van der Waals surface area contributed by atoms with E-state index in [1.54, 1.807) is 12.5 Å². The van der Waals surface area contributed by atoms with Crippen molar-refractivity contribution in [3.05, 3.63) is 29.9 Å². The van der Waals surface area contributed by atoms with E-state index in [9.17, 15) is 0 Å². The second-order valence-corrected chi connectivity index (χ2v) is 4.29. The Bertz CT molecular complexity index is 490. The summed E-state index contributed by atoms with van der Waals surface area (Å²) in [5, 5.41) is 3.94. The van der Waals surface area contributed by atoms with Crippen LogP contribution in [-0.2, 0) is 13.0 Å². The summed E-state index contributed by atoms with van der Waals surface area (Å²) in [4.78, 5) is 8.44. The summed E-state index contributed by atoms with van der Waals surface area (Å²) in [7, 11) is 0. The summed E-state index contributed by atoms with van der Waals surface area (Å²) in [5.74, 6) is 1.17. The average molecular weight is 249 g/mol. The Morgan fingerprint density at radius 2 is 2.22 bits per heavy atom. The lowest BCUT2D eigenvalue weighted by Crippen LogP contribution is -2.18. The zero-order chi connectivity index (χ0) is 13.0. The predicted molar refractivity (Wildman–Crippen MR) is 66.8 cm³/mol. The van der Waals surface area contributed by atoms with Crippen LogP contribution < -0.4 is 5.73 Å². The van der Waals surface area contributed by atoms with E-state index >= 15 is 0 Å². The molecule has 1 unspecified atom stereocenters. The van der Waals surface area contributed by atoms with Gasteiger partial charge >= 0.3 is 0 Å². The van der Waals surface area contributed by atoms with Crippen LogP contribution >= 0.6 is 0 Å². The summed E-state index contributed by atoms with van der Waals surface area (Å²) in [5.41, 5.74) is 7.07. The second kappa shape index (κ2) is 5.77. The highest BCUT2D eigenvalue weighted by Gasteiger charge is 2.19. The van der Waals surface area contributed by atoms with Crippen LogP contribution in [0.4, 0.5) is 0 Å². The molecule has 1 atom stereocenters. The van der Waals surface area contributed by atoms with Gasteiger partial charge in [-0.15, -0.1) is 0 Å². The molecule has 0 aromatic carbocycles. The van der Waals surface area contributed by atoms with Gasteiger partial charge < -0.3 is 14.8 Å². The van der Waals surface area contributed by atoms with Crippen molar-refractivity contribution in [2.75, 3.05) is 0 Å². The fourth-order valence-electron chi connectivity index (χ4n) is 1.86. The number of hydrogen-bond donors (Lipinski definition) is 1. The van der Waals surface area contributed by atoms with Gasteiger partial charge in [0.05, 0.1) is 18.2 Å². The molecule has 0 saturated carbocycles. The third-order valence-corrected chi connectivity index (χ3v) is 2.75. The maximum absolute atomic E-state index is 6.16. The van der Waals surface area contributed by atoms with Crippen molar-refractivity contribution in [1.82, 2.24) is 19.7 Å². The Hall–Kier alpha value is -1.69. The molecule has 0 aliphatic carbocycles. The molecule has 2 heterocycles. The highest BCUT2D eigenvalue weighted by Crippen LogP contribution is 2.17. The van der Waals surface area contributed by atoms with E-state index in [-0.39, 0.29) is 6.04 Å². The van der Waals surface area contributed by atoms with Crippen molar-refractivity contribution in [1.29, 1.82) is 0 Å². The van der Waals surface area contributed by atoms with Crippen LogP contribution in [0.15, 0.2) is 17.0 Å². The lowest BCUT2D eigenvalue weighted by molar-refractivity contribution is 0.370. The molecule has 0 bridgehead atoms. The molecule has 0 aliphatic heterocycles. The van der Waals surface area contributed by atoms with Gasteiger partial charge in [-0.2, -0.15) is 4.98 Å². The first-order valence-corrected chi connectivity index (χ1v) is 6.34. The van der Waals surface area contributed by atoms with E-state index in [1.807, 2.05) is 4.57 Å². The molecule has 98 valence electrons. The second-order valence-electron chi connectivity index (χ2n) is 4.29. The smallest absolute Gasteiger partial charge is 0.226 e. The van der Waals surface area contributed by atoms with Gasteiger partial charge in [0.15, 0.2) is 5.82 Å². The van der Waals surface area contributed by atoms with Crippen LogP contribution in [0.3, 0.4) is 0 Å². The molecule has 2 N–H and O–H groups in total. The number of nitrogens with two attached hydrogens (primary N) is 1. The first-order valence-electron chi connectivity index (χ1n) is 6.34. The Labute approximate surface area is 106 Å². The highest BCUT2D eigenvalue weighted by atomic mass is 16.5. The van der Waals surface area contributed by atoms with Crippen molar-refractivity contribution < 1.29 is 4.52 Å². The third-order valence-electron chi connectivity index (χ3n) is 2.75. The number of aryl methyl sites for hydroxylation is 2. The van der Waals surface area contributed by atoms with Crippen molar-refractivity contribution in [2.24, 2.45) is 5.73 Å². The number of rotatable bonds is 6. The molecule has 0 aliphatic rings. The largest absolute Gasteiger partial charge is 0.339 e. The highest BCUT2D eigenvalue weighted by molar-refractivity contribution is 5.14. The number of imidazole rings is 1. The van der Waals surface area contributed by atoms with Gasteiger partial charge in [-0.3, -0.25) is 0 Å². The number of aromatic nitrogens is 4. The number of hydrogen-bond acceptors (Lipinski definition) is 5. The fourth-order valence-corrected chi connectivity index (χ4v) is 1.86. The molecule has 2 rings (SSSR count). The number of nitrogens with zero attached hydrogens (tertiary/aromatic N) is 4. The van der Waals surface area contributed by atoms with Crippen LogP contribution in [0.25, 0.3) is 0 Å². The van der Waals surface area contributed by atoms with Gasteiger partial charge in [0.25, 0.3) is 0 Å². The molecular formula is C12H19N5O. The van der Waals surface area contributed by atoms with Gasteiger partial charge in [-0.25, -0.2) is 4.98 Å². The van der Waals surface area contributed by atoms with Gasteiger partial charge in [0.2, 0.25) is 5.89 Å². The quantitative estimate of drug-likeness (QED) is 0.842. The maximum atomic E-state index is 6.16. The zero-order valence-corrected chi connectivity index (χ0v) is 10.8. The van der Waals surface area contributed by atoms with Gasteiger partial charge in [-0.1, -0.05) is 19.0 Å². The average Bonchev–Trinajstić information content (AvgIpc) is 2.98. The van der Waals surface area contributed by atoms with E-state index < -0.39 is 0 Å². The van der Waals surface area contributed by atoms with Gasteiger partial charge in [-0.05, 0) is 12.8 Å². The molecule has 0 spiro atoms. The van der Waals surface area contributed by atoms with Crippen molar-refractivity contribution in [2.45, 2.75) is 45.7 Å². The van der Waals surface area contributed by atoms with E-state index in [4.69, 9.17) is 10.3 Å². The topological polar surface area (TPSA) is 82.8 Å². The standard InChI is InChI=1S/C12H19N5O/c1-3-5-10-15-12(16-18-10)11(13)9-7-14-8-17(9)6-4-2/h7-8,11H,3-6,13H2,1-2H3. The first kappa shape index (κ1) is 12.8. The molecular weight excluding hydrogens is 230 g/mol. The minimum absolute atomic E-state index is 0.381. The molecule has 2 aromatic rings. The van der Waals surface area contributed by atoms with Gasteiger partial charge in [0, 0.05) is 13.0 Å². The molecule has 0 amide bonds. The maximum Gasteiger partial charge on any atom is 0.226 e. The monoisotopic (exact) mass is 249 g/mol. The zero-order valence-electron chi connectivity index (χ0n) is 10.8. The molecule has 0 radical (unpaired) electrons. The Balaban J connectivity index is 2.18. The summed E-state index contributed by atoms with van der Waals surface area (Å²) in [6, 6.07) is -0.381. The molecule has 0 fully saturated rings. The molecule has 18 heavy (non-hydrogen) atoms. The van der Waals surface area contributed by atoms with Crippen molar-refractivity contribution in [3.63, 3.8) is 0 Å². The van der Waals surface area contributed by atoms with Crippen LogP contribution in [0, 0.1) is 0 Å².